The van der Waals surface area contributed by atoms with E-state index in [0.717, 1.165) is 5.56 Å². The topological polar surface area (TPSA) is 86.5 Å². The van der Waals surface area contributed by atoms with Crippen LogP contribution in [0.4, 0.5) is 0 Å². The molecule has 1 aromatic carbocycles. The molecule has 0 aromatic heterocycles. The monoisotopic (exact) mass is 265 g/mol. The first-order valence-electron chi connectivity index (χ1n) is 5.79. The Morgan fingerprint density at radius 2 is 1.74 bits per heavy atom. The van der Waals surface area contributed by atoms with Gasteiger partial charge in [0.1, 0.15) is 11.7 Å². The van der Waals surface area contributed by atoms with Crippen molar-refractivity contribution in [2.24, 2.45) is 11.7 Å². The van der Waals surface area contributed by atoms with E-state index >= 15 is 0 Å². The third-order valence-corrected chi connectivity index (χ3v) is 2.39. The van der Waals surface area contributed by atoms with E-state index in [1.54, 1.807) is 0 Å². The van der Waals surface area contributed by atoms with E-state index in [-0.39, 0.29) is 11.7 Å². The molecule has 5 nitrogen and oxygen atoms in total. The summed E-state index contributed by atoms with van der Waals surface area (Å²) in [6.45, 7) is 2.88. The van der Waals surface area contributed by atoms with Gasteiger partial charge in [0.05, 0.1) is 13.5 Å². The minimum absolute atomic E-state index is 0.165. The molecule has 1 amide bonds. The van der Waals surface area contributed by atoms with Crippen molar-refractivity contribution in [3.63, 3.8) is 0 Å². The minimum atomic E-state index is -0.616. The van der Waals surface area contributed by atoms with E-state index in [2.05, 4.69) is 4.74 Å². The van der Waals surface area contributed by atoms with Gasteiger partial charge in [-0.3, -0.25) is 14.4 Å². The summed E-state index contributed by atoms with van der Waals surface area (Å²) in [5, 5.41) is 0. The Bertz CT molecular complexity index is 428. The van der Waals surface area contributed by atoms with Crippen LogP contribution in [-0.2, 0) is 25.5 Å². The number of methoxy groups -OCH3 is 1. The maximum atomic E-state index is 10.5. The second-order valence-electron chi connectivity index (χ2n) is 3.98. The summed E-state index contributed by atoms with van der Waals surface area (Å²) in [7, 11) is 1.27. The number of ketones is 1. The van der Waals surface area contributed by atoms with Crippen molar-refractivity contribution in [1.82, 2.24) is 0 Å². The largest absolute Gasteiger partial charge is 0.468 e. The van der Waals surface area contributed by atoms with E-state index in [1.165, 1.54) is 21.0 Å². The number of esters is 1. The number of amides is 1. The van der Waals surface area contributed by atoms with Crippen molar-refractivity contribution in [2.75, 3.05) is 7.11 Å². The Balaban J connectivity index is 0.000000344. The number of hydrogen-bond acceptors (Lipinski definition) is 4. The van der Waals surface area contributed by atoms with Crippen molar-refractivity contribution in [2.45, 2.75) is 20.3 Å². The molecule has 0 spiro atoms. The molecule has 0 saturated heterocycles. The molecule has 0 aliphatic carbocycles. The lowest BCUT2D eigenvalue weighted by Gasteiger charge is -2.02. The van der Waals surface area contributed by atoms with Crippen molar-refractivity contribution in [1.29, 1.82) is 0 Å². The maximum Gasteiger partial charge on any atom is 0.315 e. The van der Waals surface area contributed by atoms with Gasteiger partial charge in [-0.1, -0.05) is 30.3 Å². The predicted molar refractivity (Wildman–Crippen MR) is 71.2 cm³/mol. The summed E-state index contributed by atoms with van der Waals surface area (Å²) in [5.74, 6) is -1.54. The average Bonchev–Trinajstić information content (AvgIpc) is 2.38. The molecule has 104 valence electrons. The Morgan fingerprint density at radius 3 is 2.05 bits per heavy atom. The van der Waals surface area contributed by atoms with Crippen molar-refractivity contribution in [3.05, 3.63) is 35.9 Å². The molecule has 0 radical (unpaired) electrons. The lowest BCUT2D eigenvalue weighted by atomic mass is 10.1. The Morgan fingerprint density at radius 1 is 1.21 bits per heavy atom. The molecule has 1 unspecified atom stereocenters. The predicted octanol–water partition coefficient (Wildman–Crippen LogP) is 1.10. The van der Waals surface area contributed by atoms with E-state index in [9.17, 15) is 14.4 Å². The van der Waals surface area contributed by atoms with Crippen molar-refractivity contribution < 1.29 is 19.1 Å². The van der Waals surface area contributed by atoms with Crippen LogP contribution in [-0.4, -0.2) is 24.8 Å². The average molecular weight is 265 g/mol. The van der Waals surface area contributed by atoms with Crippen LogP contribution in [0.5, 0.6) is 0 Å². The summed E-state index contributed by atoms with van der Waals surface area (Å²) in [4.78, 5) is 31.3. The summed E-state index contributed by atoms with van der Waals surface area (Å²) in [6, 6.07) is 9.44. The summed E-state index contributed by atoms with van der Waals surface area (Å²) in [5.41, 5.74) is 5.95. The third kappa shape index (κ3) is 7.70. The lowest BCUT2D eigenvalue weighted by Crippen LogP contribution is -2.19. The Hall–Kier alpha value is -2.17. The number of primary amides is 1. The number of carbonyl (C=O) groups is 3. The van der Waals surface area contributed by atoms with Gasteiger partial charge >= 0.3 is 5.97 Å². The van der Waals surface area contributed by atoms with Crippen LogP contribution in [0.15, 0.2) is 30.3 Å². The standard InChI is InChI=1S/C8H9NO.C6H10O3/c9-8(10)6-7-4-2-1-3-5-7;1-4(5(2)7)6(8)9-3/h1-5H,6H2,(H2,9,10);4H,1-3H3. The zero-order chi connectivity index (χ0) is 14.8. The second-order valence-corrected chi connectivity index (χ2v) is 3.98. The molecular weight excluding hydrogens is 246 g/mol. The first-order valence-corrected chi connectivity index (χ1v) is 5.79. The van der Waals surface area contributed by atoms with Crippen LogP contribution >= 0.6 is 0 Å². The van der Waals surface area contributed by atoms with E-state index in [0.29, 0.717) is 6.42 Å². The number of benzene rings is 1. The third-order valence-electron chi connectivity index (χ3n) is 2.39. The van der Waals surface area contributed by atoms with E-state index < -0.39 is 11.9 Å². The zero-order valence-corrected chi connectivity index (χ0v) is 11.4. The molecule has 0 aliphatic heterocycles. The van der Waals surface area contributed by atoms with Gasteiger partial charge in [0.25, 0.3) is 0 Å². The molecule has 19 heavy (non-hydrogen) atoms. The van der Waals surface area contributed by atoms with E-state index in [1.807, 2.05) is 30.3 Å². The molecule has 1 atom stereocenters. The van der Waals surface area contributed by atoms with Gasteiger partial charge in [0.15, 0.2) is 0 Å². The second kappa shape index (κ2) is 8.85. The molecule has 0 saturated carbocycles. The fourth-order valence-corrected chi connectivity index (χ4v) is 1.14. The summed E-state index contributed by atoms with van der Waals surface area (Å²) in [6.07, 6.45) is 0.334. The lowest BCUT2D eigenvalue weighted by molar-refractivity contribution is -0.148. The number of carbonyl (C=O) groups excluding carboxylic acids is 3. The zero-order valence-electron chi connectivity index (χ0n) is 11.4. The van der Waals surface area contributed by atoms with Crippen LogP contribution in [0, 0.1) is 5.92 Å². The van der Waals surface area contributed by atoms with Gasteiger partial charge in [-0.15, -0.1) is 0 Å². The highest BCUT2D eigenvalue weighted by Gasteiger charge is 2.16. The van der Waals surface area contributed by atoms with Crippen LogP contribution in [0.25, 0.3) is 0 Å². The summed E-state index contributed by atoms with van der Waals surface area (Å²) >= 11 is 0. The number of hydrogen-bond donors (Lipinski definition) is 1. The van der Waals surface area contributed by atoms with Crippen molar-refractivity contribution in [3.8, 4) is 0 Å². The molecule has 0 heterocycles. The maximum absolute atomic E-state index is 10.5. The minimum Gasteiger partial charge on any atom is -0.468 e. The van der Waals surface area contributed by atoms with Crippen LogP contribution < -0.4 is 5.73 Å². The SMILES string of the molecule is COC(=O)C(C)C(C)=O.NC(=O)Cc1ccccc1. The molecule has 0 bridgehead atoms. The van der Waals surface area contributed by atoms with Crippen molar-refractivity contribution >= 4 is 17.7 Å². The number of nitrogens with two attached hydrogens (primary N) is 1. The molecule has 2 N–H and O–H groups in total. The van der Waals surface area contributed by atoms with Gasteiger partial charge < -0.3 is 10.5 Å². The van der Waals surface area contributed by atoms with Crippen LogP contribution in [0.2, 0.25) is 0 Å². The number of ether oxygens (including phenoxy) is 1. The van der Waals surface area contributed by atoms with Gasteiger partial charge in [0.2, 0.25) is 5.91 Å². The van der Waals surface area contributed by atoms with Crippen LogP contribution in [0.3, 0.4) is 0 Å². The molecule has 0 aliphatic rings. The smallest absolute Gasteiger partial charge is 0.315 e. The highest BCUT2D eigenvalue weighted by Crippen LogP contribution is 1.98. The fraction of sp³-hybridized carbons (Fsp3) is 0.357. The summed E-state index contributed by atoms with van der Waals surface area (Å²) < 4.78 is 4.31. The fourth-order valence-electron chi connectivity index (χ4n) is 1.14. The first kappa shape index (κ1) is 16.8. The molecule has 0 fully saturated rings. The number of rotatable bonds is 4. The first-order chi connectivity index (χ1) is 8.88. The highest BCUT2D eigenvalue weighted by molar-refractivity contribution is 5.97. The van der Waals surface area contributed by atoms with Gasteiger partial charge in [0, 0.05) is 0 Å². The van der Waals surface area contributed by atoms with Gasteiger partial charge in [-0.25, -0.2) is 0 Å². The molecule has 5 heteroatoms. The van der Waals surface area contributed by atoms with Gasteiger partial charge in [-0.05, 0) is 19.4 Å². The Labute approximate surface area is 112 Å². The molecule has 1 aromatic rings. The van der Waals surface area contributed by atoms with E-state index in [4.69, 9.17) is 5.73 Å². The number of Topliss-reactive ketones (excluding diaryl/α,β-unsaturated/α-hetero) is 1. The molecule has 1 rings (SSSR count). The normalized spacial score (nSPS) is 10.7. The Kier molecular flexibility index (Phi) is 7.84. The van der Waals surface area contributed by atoms with Crippen LogP contribution in [0.1, 0.15) is 19.4 Å². The molecular formula is C14H19NO4. The van der Waals surface area contributed by atoms with Gasteiger partial charge in [-0.2, -0.15) is 0 Å². The quantitative estimate of drug-likeness (QED) is 0.652. The highest BCUT2D eigenvalue weighted by atomic mass is 16.5.